The van der Waals surface area contributed by atoms with Crippen molar-refractivity contribution in [1.82, 2.24) is 4.98 Å². The Kier molecular flexibility index (Phi) is 7.34. The number of ether oxygens (including phenoxy) is 2. The molecule has 1 N–H and O–H groups in total. The third kappa shape index (κ3) is 5.29. The summed E-state index contributed by atoms with van der Waals surface area (Å²) in [5.74, 6) is -0.984. The summed E-state index contributed by atoms with van der Waals surface area (Å²) in [5, 5.41) is 3.19. The molecular formula is C19H24N2O6. The number of nitrogens with one attached hydrogen (secondary N) is 1. The molecule has 8 heteroatoms. The Morgan fingerprint density at radius 2 is 1.93 bits per heavy atom. The molecule has 1 atom stereocenters. The zero-order chi connectivity index (χ0) is 19.8. The van der Waals surface area contributed by atoms with Crippen LogP contribution < -0.4 is 10.9 Å². The molecule has 0 fully saturated rings. The maximum atomic E-state index is 12.4. The van der Waals surface area contributed by atoms with Crippen molar-refractivity contribution in [2.75, 3.05) is 18.5 Å². The van der Waals surface area contributed by atoms with Crippen molar-refractivity contribution >= 4 is 28.9 Å². The van der Waals surface area contributed by atoms with Gasteiger partial charge in [0, 0.05) is 6.42 Å². The zero-order valence-corrected chi connectivity index (χ0v) is 15.7. The van der Waals surface area contributed by atoms with Crippen LogP contribution >= 0.6 is 0 Å². The minimum atomic E-state index is -0.892. The number of anilines is 1. The van der Waals surface area contributed by atoms with Gasteiger partial charge in [-0.15, -0.1) is 0 Å². The fraction of sp³-hybridized carbons (Fsp3) is 0.474. The predicted molar refractivity (Wildman–Crippen MR) is 99.6 cm³/mol. The number of hydrogen-bond acceptors (Lipinski definition) is 8. The Bertz CT molecular complexity index is 861. The van der Waals surface area contributed by atoms with Gasteiger partial charge >= 0.3 is 17.6 Å². The van der Waals surface area contributed by atoms with Gasteiger partial charge in [-0.1, -0.05) is 19.1 Å². The molecule has 0 radical (unpaired) electrons. The topological polar surface area (TPSA) is 108 Å². The van der Waals surface area contributed by atoms with Gasteiger partial charge in [-0.25, -0.2) is 9.59 Å². The Balaban J connectivity index is 2.26. The number of benzene rings is 1. The number of esters is 2. The SMILES string of the molecule is CCOC(=O)CC[C@H](Nc1nc2cccc(CC)c2c(=O)o1)C(=O)OCC. The van der Waals surface area contributed by atoms with Gasteiger partial charge in [-0.05, 0) is 38.3 Å². The zero-order valence-electron chi connectivity index (χ0n) is 15.7. The van der Waals surface area contributed by atoms with E-state index < -0.39 is 23.6 Å². The van der Waals surface area contributed by atoms with E-state index in [1.54, 1.807) is 26.0 Å². The first-order chi connectivity index (χ1) is 13.0. The van der Waals surface area contributed by atoms with Gasteiger partial charge in [0.1, 0.15) is 6.04 Å². The number of carbonyl (C=O) groups is 2. The van der Waals surface area contributed by atoms with Crippen molar-refractivity contribution in [2.24, 2.45) is 0 Å². The molecule has 0 saturated carbocycles. The molecule has 0 amide bonds. The lowest BCUT2D eigenvalue weighted by molar-refractivity contribution is -0.145. The monoisotopic (exact) mass is 376 g/mol. The van der Waals surface area contributed by atoms with Gasteiger partial charge in [-0.2, -0.15) is 4.98 Å². The van der Waals surface area contributed by atoms with E-state index in [4.69, 9.17) is 13.9 Å². The van der Waals surface area contributed by atoms with Crippen LogP contribution in [0.1, 0.15) is 39.2 Å². The first-order valence-corrected chi connectivity index (χ1v) is 9.01. The largest absolute Gasteiger partial charge is 0.466 e. The van der Waals surface area contributed by atoms with Crippen molar-refractivity contribution in [3.05, 3.63) is 34.2 Å². The highest BCUT2D eigenvalue weighted by molar-refractivity contribution is 5.83. The van der Waals surface area contributed by atoms with Crippen LogP contribution in [0.3, 0.4) is 0 Å². The van der Waals surface area contributed by atoms with Crippen LogP contribution in [-0.2, 0) is 25.5 Å². The molecule has 27 heavy (non-hydrogen) atoms. The molecular weight excluding hydrogens is 352 g/mol. The second kappa shape index (κ2) is 9.70. The average Bonchev–Trinajstić information content (AvgIpc) is 2.64. The number of nitrogens with zero attached hydrogens (tertiary/aromatic N) is 1. The van der Waals surface area contributed by atoms with E-state index in [1.807, 2.05) is 13.0 Å². The van der Waals surface area contributed by atoms with Crippen molar-refractivity contribution in [3.8, 4) is 0 Å². The lowest BCUT2D eigenvalue weighted by Gasteiger charge is -2.16. The molecule has 1 aromatic carbocycles. The van der Waals surface area contributed by atoms with E-state index in [-0.39, 0.29) is 32.1 Å². The molecule has 0 saturated heterocycles. The molecule has 0 unspecified atom stereocenters. The lowest BCUT2D eigenvalue weighted by Crippen LogP contribution is -2.33. The summed E-state index contributed by atoms with van der Waals surface area (Å²) in [6, 6.07) is 4.36. The molecule has 0 bridgehead atoms. The maximum Gasteiger partial charge on any atom is 0.348 e. The van der Waals surface area contributed by atoms with Crippen LogP contribution in [0.15, 0.2) is 27.4 Å². The van der Waals surface area contributed by atoms with Crippen LogP contribution in [-0.4, -0.2) is 36.2 Å². The molecule has 146 valence electrons. The van der Waals surface area contributed by atoms with Gasteiger partial charge in [0.05, 0.1) is 24.1 Å². The second-order valence-electron chi connectivity index (χ2n) is 5.76. The van der Waals surface area contributed by atoms with Crippen LogP contribution in [0.5, 0.6) is 0 Å². The molecule has 8 nitrogen and oxygen atoms in total. The summed E-state index contributed by atoms with van der Waals surface area (Å²) in [4.78, 5) is 40.4. The molecule has 1 heterocycles. The Morgan fingerprint density at radius 3 is 2.59 bits per heavy atom. The van der Waals surface area contributed by atoms with E-state index in [9.17, 15) is 14.4 Å². The standard InChI is InChI=1S/C19H24N2O6/c1-4-12-8-7-9-13-16(12)18(24)27-19(20-13)21-14(17(23)26-6-3)10-11-15(22)25-5-2/h7-9,14H,4-6,10-11H2,1-3H3,(H,20,21)/t14-/m0/s1. The van der Waals surface area contributed by atoms with Gasteiger partial charge in [0.2, 0.25) is 0 Å². The van der Waals surface area contributed by atoms with Crippen molar-refractivity contribution in [1.29, 1.82) is 0 Å². The van der Waals surface area contributed by atoms with Crippen LogP contribution in [0.2, 0.25) is 0 Å². The van der Waals surface area contributed by atoms with Gasteiger partial charge < -0.3 is 19.2 Å². The fourth-order valence-corrected chi connectivity index (χ4v) is 2.68. The summed E-state index contributed by atoms with van der Waals surface area (Å²) < 4.78 is 15.1. The summed E-state index contributed by atoms with van der Waals surface area (Å²) in [7, 11) is 0. The normalized spacial score (nSPS) is 11.8. The second-order valence-corrected chi connectivity index (χ2v) is 5.76. The molecule has 0 aliphatic carbocycles. The molecule has 0 spiro atoms. The highest BCUT2D eigenvalue weighted by atomic mass is 16.5. The minimum Gasteiger partial charge on any atom is -0.466 e. The minimum absolute atomic E-state index is 0.0160. The summed E-state index contributed by atoms with van der Waals surface area (Å²) in [6.45, 7) is 5.77. The average molecular weight is 376 g/mol. The van der Waals surface area contributed by atoms with E-state index in [0.29, 0.717) is 17.3 Å². The molecule has 2 rings (SSSR count). The summed E-state index contributed by atoms with van der Waals surface area (Å²) in [6.07, 6.45) is 0.805. The van der Waals surface area contributed by atoms with Crippen molar-refractivity contribution in [3.63, 3.8) is 0 Å². The first kappa shape index (κ1) is 20.4. The third-order valence-corrected chi connectivity index (χ3v) is 3.94. The number of aromatic nitrogens is 1. The summed E-state index contributed by atoms with van der Waals surface area (Å²) in [5.41, 5.74) is 0.776. The fourth-order valence-electron chi connectivity index (χ4n) is 2.68. The van der Waals surface area contributed by atoms with Gasteiger partial charge in [0.25, 0.3) is 6.01 Å². The molecule has 0 aliphatic heterocycles. The highest BCUT2D eigenvalue weighted by Crippen LogP contribution is 2.17. The lowest BCUT2D eigenvalue weighted by atomic mass is 10.1. The van der Waals surface area contributed by atoms with Crippen LogP contribution in [0.4, 0.5) is 6.01 Å². The van der Waals surface area contributed by atoms with E-state index in [1.165, 1.54) is 0 Å². The molecule has 2 aromatic rings. The van der Waals surface area contributed by atoms with E-state index in [0.717, 1.165) is 5.56 Å². The number of fused-ring (bicyclic) bond motifs is 1. The van der Waals surface area contributed by atoms with Crippen molar-refractivity contribution in [2.45, 2.75) is 46.1 Å². The number of carbonyl (C=O) groups excluding carboxylic acids is 2. The Hall–Kier alpha value is -2.90. The van der Waals surface area contributed by atoms with Crippen LogP contribution in [0.25, 0.3) is 10.9 Å². The van der Waals surface area contributed by atoms with E-state index >= 15 is 0 Å². The number of rotatable bonds is 9. The Morgan fingerprint density at radius 1 is 1.19 bits per heavy atom. The highest BCUT2D eigenvalue weighted by Gasteiger charge is 2.23. The van der Waals surface area contributed by atoms with Crippen molar-refractivity contribution < 1.29 is 23.5 Å². The quantitative estimate of drug-likeness (QED) is 0.665. The van der Waals surface area contributed by atoms with Crippen LogP contribution in [0, 0.1) is 0 Å². The van der Waals surface area contributed by atoms with Gasteiger partial charge in [0.15, 0.2) is 0 Å². The third-order valence-electron chi connectivity index (χ3n) is 3.94. The van der Waals surface area contributed by atoms with Gasteiger partial charge in [-0.3, -0.25) is 4.79 Å². The molecule has 1 aromatic heterocycles. The number of aryl methyl sites for hydroxylation is 1. The maximum absolute atomic E-state index is 12.4. The smallest absolute Gasteiger partial charge is 0.348 e. The van der Waals surface area contributed by atoms with E-state index in [2.05, 4.69) is 10.3 Å². The summed E-state index contributed by atoms with van der Waals surface area (Å²) >= 11 is 0. The first-order valence-electron chi connectivity index (χ1n) is 9.01. The number of hydrogen-bond donors (Lipinski definition) is 1. The Labute approximate surface area is 156 Å². The predicted octanol–water partition coefficient (Wildman–Crippen LogP) is 2.44. The molecule has 0 aliphatic rings.